The van der Waals surface area contributed by atoms with Gasteiger partial charge in [-0.05, 0) is 54.2 Å². The third-order valence-electron chi connectivity index (χ3n) is 4.71. The maximum Gasteiger partial charge on any atom is 0.179 e. The third kappa shape index (κ3) is 4.55. The number of nitrogens with zero attached hydrogens (tertiary/aromatic N) is 2. The molecule has 1 aliphatic heterocycles. The van der Waals surface area contributed by atoms with Gasteiger partial charge >= 0.3 is 0 Å². The van der Waals surface area contributed by atoms with Crippen molar-refractivity contribution in [1.29, 1.82) is 5.26 Å². The van der Waals surface area contributed by atoms with Crippen molar-refractivity contribution in [3.8, 4) is 23.1 Å². The van der Waals surface area contributed by atoms with Crippen LogP contribution in [0.3, 0.4) is 0 Å². The molecule has 0 spiro atoms. The first kappa shape index (κ1) is 18.3. The summed E-state index contributed by atoms with van der Waals surface area (Å²) in [4.78, 5) is 2.11. The van der Waals surface area contributed by atoms with Crippen LogP contribution in [0.15, 0.2) is 53.4 Å². The Morgan fingerprint density at radius 1 is 1.04 bits per heavy atom. The number of rotatable bonds is 5. The lowest BCUT2D eigenvalue weighted by Crippen LogP contribution is -2.32. The predicted molar refractivity (Wildman–Crippen MR) is 100 cm³/mol. The van der Waals surface area contributed by atoms with Gasteiger partial charge in [0.25, 0.3) is 0 Å². The molecule has 0 bridgehead atoms. The summed E-state index contributed by atoms with van der Waals surface area (Å²) < 4.78 is 28.9. The Bertz CT molecular complexity index is 876. The van der Waals surface area contributed by atoms with E-state index in [-0.39, 0.29) is 0 Å². The fraction of sp³-hybridized carbons (Fsp3) is 0.350. The molecule has 3 rings (SSSR count). The Labute approximate surface area is 154 Å². The summed E-state index contributed by atoms with van der Waals surface area (Å²) in [6.07, 6.45) is 5.37. The van der Waals surface area contributed by atoms with E-state index in [0.717, 1.165) is 42.8 Å². The Hall–Kier alpha value is -2.52. The lowest BCUT2D eigenvalue weighted by atomic mass is 9.98. The molecule has 0 aromatic heterocycles. The highest BCUT2D eigenvalue weighted by Gasteiger charge is 2.18. The number of hydrogen-bond acceptors (Lipinski definition) is 5. The normalized spacial score (nSPS) is 15.5. The second kappa shape index (κ2) is 7.79. The molecule has 0 amide bonds. The summed E-state index contributed by atoms with van der Waals surface area (Å²) in [5.74, 6) is 1.31. The van der Waals surface area contributed by atoms with E-state index in [1.807, 2.05) is 36.4 Å². The maximum atomic E-state index is 11.5. The van der Waals surface area contributed by atoms with E-state index in [9.17, 15) is 8.42 Å². The molecule has 136 valence electrons. The van der Waals surface area contributed by atoms with Gasteiger partial charge in [-0.25, -0.2) is 8.42 Å². The fourth-order valence-corrected chi connectivity index (χ4v) is 3.68. The Kier molecular flexibility index (Phi) is 5.48. The molecule has 2 aromatic rings. The number of sulfone groups is 1. The molecule has 26 heavy (non-hydrogen) atoms. The quantitative estimate of drug-likeness (QED) is 0.755. The van der Waals surface area contributed by atoms with E-state index < -0.39 is 9.84 Å². The van der Waals surface area contributed by atoms with E-state index in [2.05, 4.69) is 6.19 Å². The van der Waals surface area contributed by atoms with E-state index >= 15 is 0 Å². The average Bonchev–Trinajstić information content (AvgIpc) is 2.66. The van der Waals surface area contributed by atoms with Crippen molar-refractivity contribution in [3.63, 3.8) is 0 Å². The number of hydrogen-bond donors (Lipinski definition) is 0. The monoisotopic (exact) mass is 370 g/mol. The smallest absolute Gasteiger partial charge is 0.179 e. The summed E-state index contributed by atoms with van der Waals surface area (Å²) in [6.45, 7) is 2.29. The van der Waals surface area contributed by atoms with Crippen molar-refractivity contribution in [1.82, 2.24) is 4.90 Å². The third-order valence-corrected chi connectivity index (χ3v) is 5.84. The topological polar surface area (TPSA) is 70.4 Å². The van der Waals surface area contributed by atoms with Crippen LogP contribution in [-0.4, -0.2) is 39.3 Å². The molecule has 1 aliphatic rings. The molecule has 0 aliphatic carbocycles. The molecule has 0 radical (unpaired) electrons. The lowest BCUT2D eigenvalue weighted by Gasteiger charge is -2.27. The molecular weight excluding hydrogens is 348 g/mol. The van der Waals surface area contributed by atoms with Crippen molar-refractivity contribution >= 4 is 9.84 Å². The minimum absolute atomic E-state index is 0.323. The van der Waals surface area contributed by atoms with Gasteiger partial charge in [-0.3, -0.25) is 0 Å². The predicted octanol–water partition coefficient (Wildman–Crippen LogP) is 3.33. The lowest BCUT2D eigenvalue weighted by molar-refractivity contribution is 0.175. The van der Waals surface area contributed by atoms with E-state index in [0.29, 0.717) is 17.4 Å². The van der Waals surface area contributed by atoms with Crippen LogP contribution >= 0.6 is 0 Å². The molecule has 1 saturated heterocycles. The van der Waals surface area contributed by atoms with E-state index in [1.54, 1.807) is 17.0 Å². The standard InChI is InChI=1S/C20H22N2O3S/c1-26(23,24)20-8-4-18(5-9-20)17-2-6-19(7-3-17)25-14-16-10-12-22(15-21)13-11-16/h2-9,16H,10-14H2,1H3. The highest BCUT2D eigenvalue weighted by atomic mass is 32.2. The van der Waals surface area contributed by atoms with Crippen molar-refractivity contribution in [2.75, 3.05) is 26.0 Å². The number of benzene rings is 2. The van der Waals surface area contributed by atoms with Gasteiger partial charge in [0, 0.05) is 19.3 Å². The summed E-state index contributed by atoms with van der Waals surface area (Å²) >= 11 is 0. The molecule has 0 atom stereocenters. The Balaban J connectivity index is 1.58. The maximum absolute atomic E-state index is 11.5. The molecule has 0 unspecified atom stereocenters. The number of piperidine rings is 1. The van der Waals surface area contributed by atoms with Gasteiger partial charge in [0.05, 0.1) is 11.5 Å². The molecule has 0 N–H and O–H groups in total. The number of nitriles is 1. The van der Waals surface area contributed by atoms with Crippen LogP contribution < -0.4 is 4.74 Å². The summed E-state index contributed by atoms with van der Waals surface area (Å²) in [7, 11) is -3.17. The van der Waals surface area contributed by atoms with Crippen LogP contribution in [0.2, 0.25) is 0 Å². The molecular formula is C20H22N2O3S. The largest absolute Gasteiger partial charge is 0.493 e. The van der Waals surface area contributed by atoms with Gasteiger partial charge in [0.2, 0.25) is 0 Å². The second-order valence-electron chi connectivity index (χ2n) is 6.66. The van der Waals surface area contributed by atoms with Crippen molar-refractivity contribution in [2.24, 2.45) is 5.92 Å². The van der Waals surface area contributed by atoms with E-state index in [4.69, 9.17) is 10.00 Å². The van der Waals surface area contributed by atoms with Crippen LogP contribution in [0.5, 0.6) is 5.75 Å². The van der Waals surface area contributed by atoms with Gasteiger partial charge in [0.15, 0.2) is 16.0 Å². The highest BCUT2D eigenvalue weighted by molar-refractivity contribution is 7.90. The summed E-state index contributed by atoms with van der Waals surface area (Å²) in [6, 6.07) is 14.7. The van der Waals surface area contributed by atoms with Gasteiger partial charge in [-0.15, -0.1) is 0 Å². The van der Waals surface area contributed by atoms with Gasteiger partial charge in [-0.1, -0.05) is 24.3 Å². The number of ether oxygens (including phenoxy) is 1. The Morgan fingerprint density at radius 2 is 1.58 bits per heavy atom. The molecule has 6 heteroatoms. The minimum Gasteiger partial charge on any atom is -0.493 e. The minimum atomic E-state index is -3.17. The average molecular weight is 370 g/mol. The van der Waals surface area contributed by atoms with Crippen molar-refractivity contribution < 1.29 is 13.2 Å². The summed E-state index contributed by atoms with van der Waals surface area (Å²) in [5, 5.41) is 8.87. The highest BCUT2D eigenvalue weighted by Crippen LogP contribution is 2.25. The first-order valence-electron chi connectivity index (χ1n) is 8.64. The van der Waals surface area contributed by atoms with E-state index in [1.165, 1.54) is 6.26 Å². The van der Waals surface area contributed by atoms with Gasteiger partial charge in [0.1, 0.15) is 5.75 Å². The first-order chi connectivity index (χ1) is 12.5. The first-order valence-corrected chi connectivity index (χ1v) is 10.5. The fourth-order valence-electron chi connectivity index (χ4n) is 3.05. The van der Waals surface area contributed by atoms with Crippen molar-refractivity contribution in [3.05, 3.63) is 48.5 Å². The zero-order valence-electron chi connectivity index (χ0n) is 14.8. The molecule has 1 heterocycles. The molecule has 1 fully saturated rings. The van der Waals surface area contributed by atoms with Crippen LogP contribution in [0.25, 0.3) is 11.1 Å². The molecule has 0 saturated carbocycles. The van der Waals surface area contributed by atoms with Crippen LogP contribution in [-0.2, 0) is 9.84 Å². The zero-order chi connectivity index (χ0) is 18.6. The summed E-state index contributed by atoms with van der Waals surface area (Å²) in [5.41, 5.74) is 1.98. The Morgan fingerprint density at radius 3 is 2.08 bits per heavy atom. The SMILES string of the molecule is CS(=O)(=O)c1ccc(-c2ccc(OCC3CCN(C#N)CC3)cc2)cc1. The second-order valence-corrected chi connectivity index (χ2v) is 8.68. The number of likely N-dealkylation sites (tertiary alicyclic amines) is 1. The van der Waals surface area contributed by atoms with Crippen LogP contribution in [0.1, 0.15) is 12.8 Å². The van der Waals surface area contributed by atoms with Gasteiger partial charge < -0.3 is 9.64 Å². The van der Waals surface area contributed by atoms with Gasteiger partial charge in [-0.2, -0.15) is 5.26 Å². The van der Waals surface area contributed by atoms with Crippen molar-refractivity contribution in [2.45, 2.75) is 17.7 Å². The molecule has 5 nitrogen and oxygen atoms in total. The zero-order valence-corrected chi connectivity index (χ0v) is 15.6. The van der Waals surface area contributed by atoms with Crippen LogP contribution in [0.4, 0.5) is 0 Å². The van der Waals surface area contributed by atoms with Crippen LogP contribution in [0, 0.1) is 17.4 Å². The molecule has 2 aromatic carbocycles.